The molecule has 4 aliphatic rings. The average molecular weight is 386 g/mol. The van der Waals surface area contributed by atoms with Crippen LogP contribution in [0, 0.1) is 5.92 Å². The smallest absolute Gasteiger partial charge is 0.231 e. The van der Waals surface area contributed by atoms with E-state index < -0.39 is 23.4 Å². The van der Waals surface area contributed by atoms with Crippen molar-refractivity contribution in [1.29, 1.82) is 0 Å². The molecule has 6 rings (SSSR count). The van der Waals surface area contributed by atoms with E-state index in [1.165, 1.54) is 0 Å². The van der Waals surface area contributed by atoms with Gasteiger partial charge in [-0.3, -0.25) is 0 Å². The Morgan fingerprint density at radius 2 is 1.50 bits per heavy atom. The SMILES string of the molecule is O[C@@]1(c2ccc3c(c2)OCO3)OC[C@@H]2[C@@H](c3ccc4c(c3)OCO4)OC[C@@]21O. The molecule has 0 radical (unpaired) electrons. The van der Waals surface area contributed by atoms with Gasteiger partial charge >= 0.3 is 0 Å². The van der Waals surface area contributed by atoms with Crippen molar-refractivity contribution >= 4 is 0 Å². The first-order chi connectivity index (χ1) is 13.6. The number of ether oxygens (including phenoxy) is 6. The summed E-state index contributed by atoms with van der Waals surface area (Å²) in [6.45, 7) is 0.382. The summed E-state index contributed by atoms with van der Waals surface area (Å²) >= 11 is 0. The molecule has 4 heterocycles. The zero-order valence-electron chi connectivity index (χ0n) is 14.8. The molecule has 0 unspecified atom stereocenters. The highest BCUT2D eigenvalue weighted by Gasteiger charge is 2.67. The third-order valence-corrected chi connectivity index (χ3v) is 6.01. The summed E-state index contributed by atoms with van der Waals surface area (Å²) in [6.07, 6.45) is -0.442. The molecule has 0 spiro atoms. The molecule has 0 aliphatic carbocycles. The summed E-state index contributed by atoms with van der Waals surface area (Å²) in [5.74, 6) is 0.0490. The van der Waals surface area contributed by atoms with Crippen molar-refractivity contribution in [2.45, 2.75) is 17.5 Å². The Balaban J connectivity index is 1.35. The number of hydrogen-bond donors (Lipinski definition) is 2. The minimum atomic E-state index is -1.91. The fourth-order valence-electron chi connectivity index (χ4n) is 4.46. The minimum absolute atomic E-state index is 0.0677. The number of rotatable bonds is 2. The van der Waals surface area contributed by atoms with Gasteiger partial charge in [0.15, 0.2) is 28.6 Å². The maximum atomic E-state index is 11.4. The van der Waals surface area contributed by atoms with Crippen molar-refractivity contribution < 1.29 is 38.6 Å². The molecule has 0 saturated carbocycles. The van der Waals surface area contributed by atoms with Crippen molar-refractivity contribution in [3.05, 3.63) is 47.5 Å². The van der Waals surface area contributed by atoms with Crippen LogP contribution in [0.2, 0.25) is 0 Å². The van der Waals surface area contributed by atoms with Gasteiger partial charge in [0, 0.05) is 11.5 Å². The second-order valence-electron chi connectivity index (χ2n) is 7.40. The summed E-state index contributed by atoms with van der Waals surface area (Å²) in [5, 5.41) is 22.8. The van der Waals surface area contributed by atoms with Crippen LogP contribution in [0.15, 0.2) is 36.4 Å². The molecular weight excluding hydrogens is 368 g/mol. The first-order valence-corrected chi connectivity index (χ1v) is 9.08. The molecule has 0 bridgehead atoms. The molecule has 8 nitrogen and oxygen atoms in total. The summed E-state index contributed by atoms with van der Waals surface area (Å²) in [6, 6.07) is 10.5. The van der Waals surface area contributed by atoms with Gasteiger partial charge in [0.25, 0.3) is 0 Å². The van der Waals surface area contributed by atoms with Crippen molar-refractivity contribution in [2.24, 2.45) is 5.92 Å². The zero-order valence-corrected chi connectivity index (χ0v) is 14.8. The van der Waals surface area contributed by atoms with Gasteiger partial charge in [-0.15, -0.1) is 0 Å². The third kappa shape index (κ3) is 2.03. The standard InChI is InChI=1S/C20H18O8/c21-19-8-23-18(11-1-3-14-16(5-11)26-9-24-14)13(19)7-28-20(19,22)12-2-4-15-17(6-12)27-10-25-15/h1-6,13,18,21-22H,7-10H2/t13-,18-,19-,20+/m1/s1. The van der Waals surface area contributed by atoms with Crippen LogP contribution in [0.3, 0.4) is 0 Å². The molecule has 4 aliphatic heterocycles. The van der Waals surface area contributed by atoms with E-state index in [2.05, 4.69) is 0 Å². The minimum Gasteiger partial charge on any atom is -0.454 e. The van der Waals surface area contributed by atoms with Crippen LogP contribution < -0.4 is 18.9 Å². The van der Waals surface area contributed by atoms with Gasteiger partial charge in [-0.05, 0) is 35.9 Å². The highest BCUT2D eigenvalue weighted by atomic mass is 16.7. The summed E-state index contributed by atoms with van der Waals surface area (Å²) in [4.78, 5) is 0. The lowest BCUT2D eigenvalue weighted by Crippen LogP contribution is -2.52. The Morgan fingerprint density at radius 1 is 0.821 bits per heavy atom. The quantitative estimate of drug-likeness (QED) is 0.801. The maximum Gasteiger partial charge on any atom is 0.231 e. The first-order valence-electron chi connectivity index (χ1n) is 9.08. The number of aliphatic hydroxyl groups is 2. The molecule has 2 fully saturated rings. The molecule has 2 N–H and O–H groups in total. The van der Waals surface area contributed by atoms with E-state index in [4.69, 9.17) is 28.4 Å². The zero-order chi connectivity index (χ0) is 18.9. The number of hydrogen-bond acceptors (Lipinski definition) is 8. The molecule has 8 heteroatoms. The van der Waals surface area contributed by atoms with Gasteiger partial charge in [0.05, 0.1) is 19.3 Å². The lowest BCUT2D eigenvalue weighted by Gasteiger charge is -2.35. The second-order valence-corrected chi connectivity index (χ2v) is 7.40. The Kier molecular flexibility index (Phi) is 3.24. The van der Waals surface area contributed by atoms with E-state index in [-0.39, 0.29) is 26.8 Å². The lowest BCUT2D eigenvalue weighted by molar-refractivity contribution is -0.268. The molecule has 2 aromatic rings. The second kappa shape index (κ2) is 5.51. The van der Waals surface area contributed by atoms with Gasteiger partial charge in [-0.25, -0.2) is 0 Å². The van der Waals surface area contributed by atoms with Crippen LogP contribution in [0.5, 0.6) is 23.0 Å². The molecular formula is C20H18O8. The fraction of sp³-hybridized carbons (Fsp3) is 0.400. The molecule has 28 heavy (non-hydrogen) atoms. The van der Waals surface area contributed by atoms with Crippen LogP contribution in [-0.4, -0.2) is 42.6 Å². The molecule has 4 atom stereocenters. The van der Waals surface area contributed by atoms with Crippen molar-refractivity contribution in [2.75, 3.05) is 26.8 Å². The van der Waals surface area contributed by atoms with E-state index >= 15 is 0 Å². The van der Waals surface area contributed by atoms with Crippen LogP contribution in [0.4, 0.5) is 0 Å². The van der Waals surface area contributed by atoms with Gasteiger partial charge in [0.2, 0.25) is 19.4 Å². The third-order valence-electron chi connectivity index (χ3n) is 6.01. The van der Waals surface area contributed by atoms with E-state index in [1.807, 2.05) is 18.2 Å². The van der Waals surface area contributed by atoms with E-state index in [0.29, 0.717) is 28.6 Å². The van der Waals surface area contributed by atoms with E-state index in [0.717, 1.165) is 5.56 Å². The van der Waals surface area contributed by atoms with Crippen molar-refractivity contribution in [1.82, 2.24) is 0 Å². The van der Waals surface area contributed by atoms with Crippen molar-refractivity contribution in [3.8, 4) is 23.0 Å². The van der Waals surface area contributed by atoms with E-state index in [1.54, 1.807) is 18.2 Å². The van der Waals surface area contributed by atoms with Crippen LogP contribution in [0.25, 0.3) is 0 Å². The molecule has 2 aromatic carbocycles. The summed E-state index contributed by atoms with van der Waals surface area (Å²) in [5.41, 5.74) is -0.373. The summed E-state index contributed by atoms with van der Waals surface area (Å²) < 4.78 is 33.2. The molecule has 0 amide bonds. The molecule has 2 saturated heterocycles. The molecule has 0 aromatic heterocycles. The van der Waals surface area contributed by atoms with Gasteiger partial charge in [-0.1, -0.05) is 6.07 Å². The lowest BCUT2D eigenvalue weighted by atomic mass is 9.78. The Labute approximate surface area is 160 Å². The fourth-order valence-corrected chi connectivity index (χ4v) is 4.46. The highest BCUT2D eigenvalue weighted by molar-refractivity contribution is 5.48. The Morgan fingerprint density at radius 3 is 2.29 bits per heavy atom. The Bertz CT molecular complexity index is 961. The van der Waals surface area contributed by atoms with Crippen LogP contribution >= 0.6 is 0 Å². The summed E-state index contributed by atoms with van der Waals surface area (Å²) in [7, 11) is 0. The maximum absolute atomic E-state index is 11.4. The largest absolute Gasteiger partial charge is 0.454 e. The number of benzene rings is 2. The highest BCUT2D eigenvalue weighted by Crippen LogP contribution is 2.56. The predicted octanol–water partition coefficient (Wildman–Crippen LogP) is 1.44. The first kappa shape index (κ1) is 16.4. The van der Waals surface area contributed by atoms with Gasteiger partial charge in [0.1, 0.15) is 0 Å². The van der Waals surface area contributed by atoms with Crippen LogP contribution in [-0.2, 0) is 15.3 Å². The topological polar surface area (TPSA) is 95.8 Å². The van der Waals surface area contributed by atoms with Crippen molar-refractivity contribution in [3.63, 3.8) is 0 Å². The number of fused-ring (bicyclic) bond motifs is 3. The molecule has 146 valence electrons. The van der Waals surface area contributed by atoms with Crippen LogP contribution in [0.1, 0.15) is 17.2 Å². The van der Waals surface area contributed by atoms with Gasteiger partial charge < -0.3 is 38.6 Å². The monoisotopic (exact) mass is 386 g/mol. The normalized spacial score (nSPS) is 34.6. The predicted molar refractivity (Wildman–Crippen MR) is 92.1 cm³/mol. The van der Waals surface area contributed by atoms with Gasteiger partial charge in [-0.2, -0.15) is 0 Å². The van der Waals surface area contributed by atoms with E-state index in [9.17, 15) is 10.2 Å². The Hall–Kier alpha value is -2.52. The average Bonchev–Trinajstić information content (AvgIpc) is 3.46.